The van der Waals surface area contributed by atoms with E-state index in [4.69, 9.17) is 10.9 Å². The Morgan fingerprint density at radius 2 is 2.24 bits per heavy atom. The molecule has 0 aromatic heterocycles. The SMILES string of the molecule is N/C(CCCCNc1ccc(I)c(Br)c1)=N/O. The molecule has 0 heterocycles. The first-order chi connectivity index (χ1) is 8.13. The van der Waals surface area contributed by atoms with E-state index in [-0.39, 0.29) is 0 Å². The Kier molecular flexibility index (Phi) is 6.64. The average Bonchev–Trinajstić information content (AvgIpc) is 2.33. The van der Waals surface area contributed by atoms with Crippen LogP contribution in [0.3, 0.4) is 0 Å². The summed E-state index contributed by atoms with van der Waals surface area (Å²) in [6.45, 7) is 0.881. The van der Waals surface area contributed by atoms with Crippen LogP contribution in [0.4, 0.5) is 5.69 Å². The molecule has 17 heavy (non-hydrogen) atoms. The molecule has 4 N–H and O–H groups in total. The molecule has 0 fully saturated rings. The van der Waals surface area contributed by atoms with Crippen LogP contribution in [-0.4, -0.2) is 17.6 Å². The highest BCUT2D eigenvalue weighted by molar-refractivity contribution is 14.1. The monoisotopic (exact) mass is 411 g/mol. The van der Waals surface area contributed by atoms with E-state index in [0.29, 0.717) is 12.3 Å². The predicted molar refractivity (Wildman–Crippen MR) is 82.6 cm³/mol. The summed E-state index contributed by atoms with van der Waals surface area (Å²) >= 11 is 5.77. The summed E-state index contributed by atoms with van der Waals surface area (Å²) in [6.07, 6.45) is 2.53. The van der Waals surface area contributed by atoms with Crippen molar-refractivity contribution in [3.8, 4) is 0 Å². The Labute approximate surface area is 123 Å². The van der Waals surface area contributed by atoms with Crippen LogP contribution < -0.4 is 11.1 Å². The molecule has 0 radical (unpaired) electrons. The molecule has 0 spiro atoms. The van der Waals surface area contributed by atoms with E-state index in [1.54, 1.807) is 0 Å². The first-order valence-electron chi connectivity index (χ1n) is 5.29. The zero-order valence-corrected chi connectivity index (χ0v) is 13.0. The summed E-state index contributed by atoms with van der Waals surface area (Å²) in [5.74, 6) is 0.294. The van der Waals surface area contributed by atoms with Crippen molar-refractivity contribution in [2.24, 2.45) is 10.9 Å². The highest BCUT2D eigenvalue weighted by atomic mass is 127. The van der Waals surface area contributed by atoms with Gasteiger partial charge in [-0.05, 0) is 69.6 Å². The lowest BCUT2D eigenvalue weighted by molar-refractivity contribution is 0.316. The molecule has 0 aliphatic carbocycles. The molecule has 4 nitrogen and oxygen atoms in total. The van der Waals surface area contributed by atoms with Gasteiger partial charge in [-0.15, -0.1) is 0 Å². The molecule has 0 bridgehead atoms. The normalized spacial score (nSPS) is 11.5. The fraction of sp³-hybridized carbons (Fsp3) is 0.364. The van der Waals surface area contributed by atoms with Gasteiger partial charge in [0.05, 0.1) is 0 Å². The van der Waals surface area contributed by atoms with Gasteiger partial charge in [-0.1, -0.05) is 5.16 Å². The number of hydrogen-bond donors (Lipinski definition) is 3. The van der Waals surface area contributed by atoms with Gasteiger partial charge in [-0.3, -0.25) is 0 Å². The number of hydrogen-bond acceptors (Lipinski definition) is 3. The second-order valence-corrected chi connectivity index (χ2v) is 5.62. The van der Waals surface area contributed by atoms with Gasteiger partial charge in [0.2, 0.25) is 0 Å². The van der Waals surface area contributed by atoms with Gasteiger partial charge in [0.1, 0.15) is 5.84 Å². The number of oxime groups is 1. The molecule has 0 saturated heterocycles. The Balaban J connectivity index is 2.24. The van der Waals surface area contributed by atoms with Crippen LogP contribution in [0.2, 0.25) is 0 Å². The summed E-state index contributed by atoms with van der Waals surface area (Å²) in [7, 11) is 0. The van der Waals surface area contributed by atoms with Crippen LogP contribution in [0.5, 0.6) is 0 Å². The Morgan fingerprint density at radius 1 is 1.47 bits per heavy atom. The summed E-state index contributed by atoms with van der Waals surface area (Å²) in [5, 5.41) is 14.6. The largest absolute Gasteiger partial charge is 0.409 e. The number of halogens is 2. The van der Waals surface area contributed by atoms with Crippen LogP contribution in [0.1, 0.15) is 19.3 Å². The van der Waals surface area contributed by atoms with Crippen molar-refractivity contribution in [1.29, 1.82) is 0 Å². The molecule has 94 valence electrons. The lowest BCUT2D eigenvalue weighted by Crippen LogP contribution is -2.11. The molecule has 0 aliphatic rings. The van der Waals surface area contributed by atoms with Gasteiger partial charge < -0.3 is 16.3 Å². The number of rotatable bonds is 6. The lowest BCUT2D eigenvalue weighted by atomic mass is 10.2. The molecule has 1 rings (SSSR count). The first kappa shape index (κ1) is 14.6. The smallest absolute Gasteiger partial charge is 0.139 e. The van der Waals surface area contributed by atoms with Crippen LogP contribution >= 0.6 is 38.5 Å². The summed E-state index contributed by atoms with van der Waals surface area (Å²) in [4.78, 5) is 0. The van der Waals surface area contributed by atoms with Crippen LogP contribution in [-0.2, 0) is 0 Å². The highest BCUT2D eigenvalue weighted by Crippen LogP contribution is 2.22. The highest BCUT2D eigenvalue weighted by Gasteiger charge is 1.98. The molecule has 0 aliphatic heterocycles. The topological polar surface area (TPSA) is 70.6 Å². The first-order valence-corrected chi connectivity index (χ1v) is 7.16. The van der Waals surface area contributed by atoms with E-state index in [2.05, 4.69) is 67.2 Å². The van der Waals surface area contributed by atoms with Crippen molar-refractivity contribution in [3.05, 3.63) is 26.2 Å². The fourth-order valence-electron chi connectivity index (χ4n) is 1.32. The number of nitrogens with zero attached hydrogens (tertiary/aromatic N) is 1. The Morgan fingerprint density at radius 3 is 2.88 bits per heavy atom. The van der Waals surface area contributed by atoms with E-state index in [1.165, 1.54) is 3.57 Å². The minimum atomic E-state index is 0.294. The second kappa shape index (κ2) is 7.75. The minimum absolute atomic E-state index is 0.294. The zero-order chi connectivity index (χ0) is 12.7. The molecule has 0 atom stereocenters. The van der Waals surface area contributed by atoms with E-state index >= 15 is 0 Å². The molecular formula is C11H15BrIN3O. The second-order valence-electron chi connectivity index (χ2n) is 3.60. The van der Waals surface area contributed by atoms with E-state index in [1.807, 2.05) is 0 Å². The van der Waals surface area contributed by atoms with Crippen LogP contribution in [0.15, 0.2) is 27.8 Å². The van der Waals surface area contributed by atoms with Gasteiger partial charge in [-0.25, -0.2) is 0 Å². The maximum Gasteiger partial charge on any atom is 0.139 e. The van der Waals surface area contributed by atoms with Gasteiger partial charge in [0.25, 0.3) is 0 Å². The molecule has 0 unspecified atom stereocenters. The van der Waals surface area contributed by atoms with Crippen molar-refractivity contribution < 1.29 is 5.21 Å². The van der Waals surface area contributed by atoms with E-state index in [9.17, 15) is 0 Å². The predicted octanol–water partition coefficient (Wildman–Crippen LogP) is 3.38. The van der Waals surface area contributed by atoms with Crippen molar-refractivity contribution >= 4 is 50.0 Å². The third kappa shape index (κ3) is 5.58. The lowest BCUT2D eigenvalue weighted by Gasteiger charge is -2.07. The summed E-state index contributed by atoms with van der Waals surface area (Å²) in [6, 6.07) is 6.17. The van der Waals surface area contributed by atoms with Gasteiger partial charge in [-0.2, -0.15) is 0 Å². The van der Waals surface area contributed by atoms with Crippen molar-refractivity contribution in [3.63, 3.8) is 0 Å². The number of benzene rings is 1. The number of unbranched alkanes of at least 4 members (excludes halogenated alkanes) is 1. The standard InChI is InChI=1S/C11H15BrIN3O/c12-9-7-8(4-5-10(9)13)15-6-2-1-3-11(14)16-17/h4-5,7,15,17H,1-3,6H2,(H2,14,16). The number of nitrogens with two attached hydrogens (primary N) is 1. The molecule has 1 aromatic rings. The molecular weight excluding hydrogens is 397 g/mol. The molecule has 6 heteroatoms. The molecule has 0 saturated carbocycles. The van der Waals surface area contributed by atoms with Gasteiger partial charge in [0.15, 0.2) is 0 Å². The van der Waals surface area contributed by atoms with Gasteiger partial charge >= 0.3 is 0 Å². The van der Waals surface area contributed by atoms with Crippen LogP contribution in [0.25, 0.3) is 0 Å². The Hall–Kier alpha value is -0.500. The summed E-state index contributed by atoms with van der Waals surface area (Å²) < 4.78 is 2.29. The van der Waals surface area contributed by atoms with Crippen LogP contribution in [0, 0.1) is 3.57 Å². The summed E-state index contributed by atoms with van der Waals surface area (Å²) in [5.41, 5.74) is 6.47. The average molecular weight is 412 g/mol. The number of anilines is 1. The molecule has 1 aromatic carbocycles. The van der Waals surface area contributed by atoms with Crippen molar-refractivity contribution in [2.45, 2.75) is 19.3 Å². The van der Waals surface area contributed by atoms with E-state index in [0.717, 1.165) is 29.5 Å². The van der Waals surface area contributed by atoms with E-state index < -0.39 is 0 Å². The van der Waals surface area contributed by atoms with Crippen molar-refractivity contribution in [1.82, 2.24) is 0 Å². The third-order valence-corrected chi connectivity index (χ3v) is 4.57. The van der Waals surface area contributed by atoms with Gasteiger partial charge in [0, 0.05) is 26.7 Å². The van der Waals surface area contributed by atoms with Crippen molar-refractivity contribution in [2.75, 3.05) is 11.9 Å². The zero-order valence-electron chi connectivity index (χ0n) is 9.29. The maximum absolute atomic E-state index is 8.37. The quantitative estimate of drug-likeness (QED) is 0.168. The number of amidine groups is 1. The Bertz CT molecular complexity index is 398. The minimum Gasteiger partial charge on any atom is -0.409 e. The number of nitrogens with one attached hydrogen (secondary N) is 1. The fourth-order valence-corrected chi connectivity index (χ4v) is 2.03. The maximum atomic E-state index is 8.37. The third-order valence-electron chi connectivity index (χ3n) is 2.24. The molecule has 0 amide bonds.